The van der Waals surface area contributed by atoms with Gasteiger partial charge in [0.1, 0.15) is 5.82 Å². The lowest BCUT2D eigenvalue weighted by Crippen LogP contribution is -2.26. The van der Waals surface area contributed by atoms with E-state index in [2.05, 4.69) is 0 Å². The maximum absolute atomic E-state index is 13.4. The monoisotopic (exact) mass is 243 g/mol. The Morgan fingerprint density at radius 1 is 1.11 bits per heavy atom. The summed E-state index contributed by atoms with van der Waals surface area (Å²) in [5.74, 6) is -0.581. The van der Waals surface area contributed by atoms with Crippen molar-refractivity contribution in [3.8, 4) is 0 Å². The third-order valence-corrected chi connectivity index (χ3v) is 2.87. The van der Waals surface area contributed by atoms with Crippen LogP contribution in [0.15, 0.2) is 48.5 Å². The molecule has 0 heterocycles. The highest BCUT2D eigenvalue weighted by Gasteiger charge is 2.14. The topological polar surface area (TPSA) is 20.3 Å². The lowest BCUT2D eigenvalue weighted by Gasteiger charge is -2.17. The second-order valence-corrected chi connectivity index (χ2v) is 4.16. The number of nitrogens with zero attached hydrogens (tertiary/aromatic N) is 1. The van der Waals surface area contributed by atoms with Crippen LogP contribution in [0, 0.1) is 12.7 Å². The largest absolute Gasteiger partial charge is 0.311 e. The highest BCUT2D eigenvalue weighted by Crippen LogP contribution is 2.16. The van der Waals surface area contributed by atoms with E-state index in [1.807, 2.05) is 30.3 Å². The maximum atomic E-state index is 13.4. The first-order chi connectivity index (χ1) is 8.59. The Morgan fingerprint density at radius 3 is 2.39 bits per heavy atom. The summed E-state index contributed by atoms with van der Waals surface area (Å²) in [6.45, 7) is 1.67. The van der Waals surface area contributed by atoms with Crippen molar-refractivity contribution in [2.45, 2.75) is 6.92 Å². The van der Waals surface area contributed by atoms with Gasteiger partial charge in [-0.1, -0.05) is 24.3 Å². The maximum Gasteiger partial charge on any atom is 0.258 e. The molecule has 0 N–H and O–H groups in total. The predicted octanol–water partition coefficient (Wildman–Crippen LogP) is 3.41. The van der Waals surface area contributed by atoms with E-state index < -0.39 is 0 Å². The van der Waals surface area contributed by atoms with E-state index in [1.165, 1.54) is 11.0 Å². The van der Waals surface area contributed by atoms with Gasteiger partial charge in [-0.15, -0.1) is 0 Å². The number of aryl methyl sites for hydroxylation is 1. The molecule has 3 heteroatoms. The molecular formula is C15H14FNO. The second-order valence-electron chi connectivity index (χ2n) is 4.16. The summed E-state index contributed by atoms with van der Waals surface area (Å²) in [4.78, 5) is 13.7. The molecule has 0 bridgehead atoms. The summed E-state index contributed by atoms with van der Waals surface area (Å²) in [5, 5.41) is 0. The third-order valence-electron chi connectivity index (χ3n) is 2.87. The quantitative estimate of drug-likeness (QED) is 0.791. The van der Waals surface area contributed by atoms with Crippen molar-refractivity contribution < 1.29 is 9.18 Å². The first-order valence-electron chi connectivity index (χ1n) is 5.69. The molecule has 2 aromatic rings. The molecular weight excluding hydrogens is 229 g/mol. The number of hydrogen-bond donors (Lipinski definition) is 0. The zero-order valence-electron chi connectivity index (χ0n) is 10.4. The van der Waals surface area contributed by atoms with E-state index in [1.54, 1.807) is 26.1 Å². The lowest BCUT2D eigenvalue weighted by atomic mass is 10.1. The third kappa shape index (κ3) is 2.40. The molecule has 0 radical (unpaired) electrons. The molecule has 92 valence electrons. The van der Waals surface area contributed by atoms with Gasteiger partial charge in [0.2, 0.25) is 0 Å². The van der Waals surface area contributed by atoms with Crippen LogP contribution in [-0.2, 0) is 0 Å². The van der Waals surface area contributed by atoms with Gasteiger partial charge >= 0.3 is 0 Å². The van der Waals surface area contributed by atoms with Gasteiger partial charge in [-0.25, -0.2) is 4.39 Å². The van der Waals surface area contributed by atoms with Crippen LogP contribution in [0.3, 0.4) is 0 Å². The smallest absolute Gasteiger partial charge is 0.258 e. The number of para-hydroxylation sites is 1. The van der Waals surface area contributed by atoms with Gasteiger partial charge in [0.05, 0.1) is 0 Å². The van der Waals surface area contributed by atoms with Gasteiger partial charge in [0, 0.05) is 18.3 Å². The summed E-state index contributed by atoms with van der Waals surface area (Å²) in [5.41, 5.74) is 1.67. The van der Waals surface area contributed by atoms with Gasteiger partial charge in [0.25, 0.3) is 5.91 Å². The minimum atomic E-state index is -0.359. The number of carbonyl (C=O) groups excluding carboxylic acids is 1. The van der Waals surface area contributed by atoms with Crippen LogP contribution in [0.25, 0.3) is 0 Å². The fourth-order valence-electron chi connectivity index (χ4n) is 1.69. The average molecular weight is 243 g/mol. The first kappa shape index (κ1) is 12.3. The molecule has 0 aliphatic carbocycles. The van der Waals surface area contributed by atoms with Gasteiger partial charge in [0.15, 0.2) is 0 Å². The van der Waals surface area contributed by atoms with Gasteiger partial charge in [-0.05, 0) is 36.8 Å². The fourth-order valence-corrected chi connectivity index (χ4v) is 1.69. The molecule has 2 nitrogen and oxygen atoms in total. The molecule has 2 rings (SSSR count). The Morgan fingerprint density at radius 2 is 1.78 bits per heavy atom. The molecule has 0 fully saturated rings. The molecule has 0 unspecified atom stereocenters. The Labute approximate surface area is 106 Å². The SMILES string of the molecule is Cc1ccc(C(=O)N(C)c2ccccc2)cc1F. The Balaban J connectivity index is 2.29. The van der Waals surface area contributed by atoms with Gasteiger partial charge in [-0.2, -0.15) is 0 Å². The fraction of sp³-hybridized carbons (Fsp3) is 0.133. The number of benzene rings is 2. The van der Waals surface area contributed by atoms with Crippen LogP contribution >= 0.6 is 0 Å². The Bertz CT molecular complexity index is 566. The van der Waals surface area contributed by atoms with Crippen LogP contribution in [0.5, 0.6) is 0 Å². The molecule has 0 aliphatic rings. The second kappa shape index (κ2) is 5.00. The standard InChI is InChI=1S/C15H14FNO/c1-11-8-9-12(10-14(11)16)15(18)17(2)13-6-4-3-5-7-13/h3-10H,1-2H3. The number of anilines is 1. The summed E-state index contributed by atoms with van der Waals surface area (Å²) >= 11 is 0. The van der Waals surface area contributed by atoms with E-state index in [-0.39, 0.29) is 11.7 Å². The number of amides is 1. The first-order valence-corrected chi connectivity index (χ1v) is 5.69. The normalized spacial score (nSPS) is 10.2. The summed E-state index contributed by atoms with van der Waals surface area (Å²) in [7, 11) is 1.68. The van der Waals surface area contributed by atoms with E-state index in [0.717, 1.165) is 5.69 Å². The molecule has 2 aromatic carbocycles. The van der Waals surface area contributed by atoms with Crippen molar-refractivity contribution in [1.29, 1.82) is 0 Å². The highest BCUT2D eigenvalue weighted by molar-refractivity contribution is 6.05. The molecule has 18 heavy (non-hydrogen) atoms. The Kier molecular flexibility index (Phi) is 3.42. The minimum absolute atomic E-state index is 0.222. The predicted molar refractivity (Wildman–Crippen MR) is 70.3 cm³/mol. The molecule has 0 aromatic heterocycles. The van der Waals surface area contributed by atoms with Gasteiger partial charge in [-0.3, -0.25) is 4.79 Å². The van der Waals surface area contributed by atoms with Crippen molar-refractivity contribution in [2.24, 2.45) is 0 Å². The van der Waals surface area contributed by atoms with Crippen molar-refractivity contribution in [1.82, 2.24) is 0 Å². The number of rotatable bonds is 2. The molecule has 0 atom stereocenters. The van der Waals surface area contributed by atoms with E-state index in [0.29, 0.717) is 11.1 Å². The van der Waals surface area contributed by atoms with Crippen LogP contribution in [0.1, 0.15) is 15.9 Å². The van der Waals surface area contributed by atoms with Crippen molar-refractivity contribution in [2.75, 3.05) is 11.9 Å². The summed E-state index contributed by atoms with van der Waals surface area (Å²) in [6.07, 6.45) is 0. The molecule has 0 aliphatic heterocycles. The van der Waals surface area contributed by atoms with Gasteiger partial charge < -0.3 is 4.90 Å². The van der Waals surface area contributed by atoms with Crippen molar-refractivity contribution >= 4 is 11.6 Å². The lowest BCUT2D eigenvalue weighted by molar-refractivity contribution is 0.0992. The summed E-state index contributed by atoms with van der Waals surface area (Å²) < 4.78 is 13.4. The minimum Gasteiger partial charge on any atom is -0.311 e. The molecule has 1 amide bonds. The van der Waals surface area contributed by atoms with Crippen molar-refractivity contribution in [3.05, 3.63) is 65.5 Å². The molecule has 0 spiro atoms. The zero-order valence-corrected chi connectivity index (χ0v) is 10.4. The van der Waals surface area contributed by atoms with Crippen molar-refractivity contribution in [3.63, 3.8) is 0 Å². The van der Waals surface area contributed by atoms with Crippen LogP contribution in [-0.4, -0.2) is 13.0 Å². The van der Waals surface area contributed by atoms with Crippen LogP contribution < -0.4 is 4.90 Å². The van der Waals surface area contributed by atoms with E-state index in [4.69, 9.17) is 0 Å². The van der Waals surface area contributed by atoms with E-state index in [9.17, 15) is 9.18 Å². The molecule has 0 saturated carbocycles. The van der Waals surface area contributed by atoms with E-state index >= 15 is 0 Å². The zero-order chi connectivity index (χ0) is 13.1. The average Bonchev–Trinajstić information content (AvgIpc) is 2.41. The number of carbonyl (C=O) groups is 1. The number of halogens is 1. The van der Waals surface area contributed by atoms with Crippen LogP contribution in [0.4, 0.5) is 10.1 Å². The van der Waals surface area contributed by atoms with Crippen LogP contribution in [0.2, 0.25) is 0 Å². The number of hydrogen-bond acceptors (Lipinski definition) is 1. The molecule has 0 saturated heterocycles. The highest BCUT2D eigenvalue weighted by atomic mass is 19.1. The summed E-state index contributed by atoms with van der Waals surface area (Å²) in [6, 6.07) is 13.8. The Hall–Kier alpha value is -2.16.